The van der Waals surface area contributed by atoms with Crippen LogP contribution in [0.15, 0.2) is 24.3 Å². The van der Waals surface area contributed by atoms with Gasteiger partial charge in [0, 0.05) is 5.56 Å². The summed E-state index contributed by atoms with van der Waals surface area (Å²) in [5.41, 5.74) is 7.26. The van der Waals surface area contributed by atoms with Crippen molar-refractivity contribution in [2.75, 3.05) is 13.1 Å². The highest BCUT2D eigenvalue weighted by Crippen LogP contribution is 2.40. The second-order valence-corrected chi connectivity index (χ2v) is 5.74. The molecule has 1 aliphatic carbocycles. The van der Waals surface area contributed by atoms with Crippen LogP contribution in [0, 0.1) is 17.8 Å². The van der Waals surface area contributed by atoms with Crippen LogP contribution in [0.4, 0.5) is 0 Å². The van der Waals surface area contributed by atoms with Crippen molar-refractivity contribution in [3.63, 3.8) is 0 Å². The Balaban J connectivity index is 1.72. The van der Waals surface area contributed by atoms with Crippen molar-refractivity contribution in [2.24, 2.45) is 23.5 Å². The molecule has 3 rings (SSSR count). The molecule has 2 aliphatic rings. The van der Waals surface area contributed by atoms with E-state index in [1.165, 1.54) is 25.9 Å². The van der Waals surface area contributed by atoms with Crippen LogP contribution >= 0.6 is 0 Å². The third kappa shape index (κ3) is 2.15. The van der Waals surface area contributed by atoms with Crippen LogP contribution in [-0.2, 0) is 6.42 Å². The average Bonchev–Trinajstić information content (AvgIpc) is 2.90. The van der Waals surface area contributed by atoms with E-state index < -0.39 is 0 Å². The molecular formula is C15H20N2O. The van der Waals surface area contributed by atoms with Crippen molar-refractivity contribution in [1.29, 1.82) is 0 Å². The lowest BCUT2D eigenvalue weighted by Gasteiger charge is -2.13. The van der Waals surface area contributed by atoms with Crippen LogP contribution in [0.1, 0.15) is 28.8 Å². The zero-order valence-corrected chi connectivity index (χ0v) is 10.6. The number of nitrogens with one attached hydrogen (secondary N) is 1. The number of amides is 1. The average molecular weight is 244 g/mol. The molecule has 1 heterocycles. The minimum atomic E-state index is -0.301. The maximum absolute atomic E-state index is 11.4. The van der Waals surface area contributed by atoms with Gasteiger partial charge in [0.05, 0.1) is 0 Å². The molecule has 2 fully saturated rings. The van der Waals surface area contributed by atoms with Crippen molar-refractivity contribution in [1.82, 2.24) is 5.32 Å². The number of nitrogens with two attached hydrogens (primary N) is 1. The highest BCUT2D eigenvalue weighted by molar-refractivity contribution is 5.94. The van der Waals surface area contributed by atoms with E-state index >= 15 is 0 Å². The Labute approximate surface area is 108 Å². The van der Waals surface area contributed by atoms with E-state index in [9.17, 15) is 4.79 Å². The minimum absolute atomic E-state index is 0.301. The van der Waals surface area contributed by atoms with Crippen molar-refractivity contribution in [3.8, 4) is 0 Å². The normalized spacial score (nSPS) is 30.3. The number of rotatable bonds is 3. The molecule has 3 N–H and O–H groups in total. The quantitative estimate of drug-likeness (QED) is 0.848. The van der Waals surface area contributed by atoms with Crippen molar-refractivity contribution in [2.45, 2.75) is 19.3 Å². The minimum Gasteiger partial charge on any atom is -0.366 e. The number of hydrogen-bond donors (Lipinski definition) is 2. The van der Waals surface area contributed by atoms with Gasteiger partial charge in [-0.05, 0) is 61.7 Å². The lowest BCUT2D eigenvalue weighted by atomic mass is 9.93. The van der Waals surface area contributed by atoms with E-state index in [-0.39, 0.29) is 5.91 Å². The fourth-order valence-corrected chi connectivity index (χ4v) is 3.71. The van der Waals surface area contributed by atoms with Crippen LogP contribution in [0.3, 0.4) is 0 Å². The van der Waals surface area contributed by atoms with Crippen LogP contribution in [-0.4, -0.2) is 19.0 Å². The number of benzene rings is 1. The smallest absolute Gasteiger partial charge is 0.248 e. The Morgan fingerprint density at radius 3 is 2.56 bits per heavy atom. The highest BCUT2D eigenvalue weighted by atomic mass is 16.1. The zero-order valence-electron chi connectivity index (χ0n) is 10.6. The standard InChI is InChI=1S/C15H20N2O/c16-15(18)14-4-2-1-3-11(14)5-10-6-12-8-17-9-13(12)7-10/h1-4,10,12-13,17H,5-9H2,(H2,16,18). The molecule has 0 bridgehead atoms. The molecule has 0 spiro atoms. The van der Waals surface area contributed by atoms with Gasteiger partial charge in [-0.3, -0.25) is 4.79 Å². The summed E-state index contributed by atoms with van der Waals surface area (Å²) in [7, 11) is 0. The lowest BCUT2D eigenvalue weighted by Crippen LogP contribution is -2.16. The summed E-state index contributed by atoms with van der Waals surface area (Å²) < 4.78 is 0. The van der Waals surface area contributed by atoms with Gasteiger partial charge in [0.15, 0.2) is 0 Å². The SMILES string of the molecule is NC(=O)c1ccccc1CC1CC2CNCC2C1. The summed E-state index contributed by atoms with van der Waals surface area (Å²) in [5, 5.41) is 3.46. The van der Waals surface area contributed by atoms with Gasteiger partial charge in [-0.2, -0.15) is 0 Å². The van der Waals surface area contributed by atoms with Crippen LogP contribution in [0.2, 0.25) is 0 Å². The maximum Gasteiger partial charge on any atom is 0.248 e. The zero-order chi connectivity index (χ0) is 12.5. The molecule has 3 heteroatoms. The molecule has 1 aliphatic heterocycles. The Morgan fingerprint density at radius 2 is 1.89 bits per heavy atom. The first-order valence-electron chi connectivity index (χ1n) is 6.82. The molecule has 2 atom stereocenters. The summed E-state index contributed by atoms with van der Waals surface area (Å²) in [5.74, 6) is 2.14. The second kappa shape index (κ2) is 4.73. The second-order valence-electron chi connectivity index (χ2n) is 5.74. The first-order valence-corrected chi connectivity index (χ1v) is 6.82. The fourth-order valence-electron chi connectivity index (χ4n) is 3.71. The summed E-state index contributed by atoms with van der Waals surface area (Å²) in [6.45, 7) is 2.36. The molecule has 18 heavy (non-hydrogen) atoms. The first kappa shape index (κ1) is 11.7. The number of primary amides is 1. The molecule has 1 aromatic carbocycles. The molecular weight excluding hydrogens is 224 g/mol. The lowest BCUT2D eigenvalue weighted by molar-refractivity contribution is 0.0999. The Bertz CT molecular complexity index is 446. The summed E-state index contributed by atoms with van der Waals surface area (Å²) in [6.07, 6.45) is 3.60. The Hall–Kier alpha value is -1.35. The molecule has 3 nitrogen and oxygen atoms in total. The van der Waals surface area contributed by atoms with Gasteiger partial charge in [-0.25, -0.2) is 0 Å². The molecule has 96 valence electrons. The van der Waals surface area contributed by atoms with Crippen molar-refractivity contribution in [3.05, 3.63) is 35.4 Å². The van der Waals surface area contributed by atoms with Crippen molar-refractivity contribution >= 4 is 5.91 Å². The molecule has 0 aromatic heterocycles. The summed E-state index contributed by atoms with van der Waals surface area (Å²) in [4.78, 5) is 11.4. The van der Waals surface area contributed by atoms with Gasteiger partial charge < -0.3 is 11.1 Å². The third-order valence-electron chi connectivity index (χ3n) is 4.54. The third-order valence-corrected chi connectivity index (χ3v) is 4.54. The number of fused-ring (bicyclic) bond motifs is 1. The van der Waals surface area contributed by atoms with E-state index in [0.29, 0.717) is 5.56 Å². The number of hydrogen-bond acceptors (Lipinski definition) is 2. The van der Waals surface area contributed by atoms with Gasteiger partial charge in [0.1, 0.15) is 0 Å². The fraction of sp³-hybridized carbons (Fsp3) is 0.533. The molecule has 1 amide bonds. The summed E-state index contributed by atoms with van der Waals surface area (Å²) in [6, 6.07) is 7.78. The van der Waals surface area contributed by atoms with Crippen LogP contribution in [0.5, 0.6) is 0 Å². The van der Waals surface area contributed by atoms with Gasteiger partial charge in [-0.15, -0.1) is 0 Å². The predicted octanol–water partition coefficient (Wildman–Crippen LogP) is 1.57. The van der Waals surface area contributed by atoms with E-state index in [0.717, 1.165) is 29.7 Å². The Kier molecular flexibility index (Phi) is 3.08. The first-order chi connectivity index (χ1) is 8.74. The Morgan fingerprint density at radius 1 is 1.22 bits per heavy atom. The largest absolute Gasteiger partial charge is 0.366 e. The predicted molar refractivity (Wildman–Crippen MR) is 71.2 cm³/mol. The highest BCUT2D eigenvalue weighted by Gasteiger charge is 2.37. The number of carbonyl (C=O) groups is 1. The van der Waals surface area contributed by atoms with Gasteiger partial charge >= 0.3 is 0 Å². The molecule has 0 radical (unpaired) electrons. The van der Waals surface area contributed by atoms with Crippen LogP contribution < -0.4 is 11.1 Å². The number of carbonyl (C=O) groups excluding carboxylic acids is 1. The van der Waals surface area contributed by atoms with E-state index in [2.05, 4.69) is 5.32 Å². The topological polar surface area (TPSA) is 55.1 Å². The van der Waals surface area contributed by atoms with Gasteiger partial charge in [0.25, 0.3) is 0 Å². The molecule has 1 aromatic rings. The maximum atomic E-state index is 11.4. The van der Waals surface area contributed by atoms with Gasteiger partial charge in [0.2, 0.25) is 5.91 Å². The van der Waals surface area contributed by atoms with Gasteiger partial charge in [-0.1, -0.05) is 18.2 Å². The van der Waals surface area contributed by atoms with Crippen molar-refractivity contribution < 1.29 is 4.79 Å². The summed E-state index contributed by atoms with van der Waals surface area (Å²) >= 11 is 0. The molecule has 1 saturated heterocycles. The molecule has 2 unspecified atom stereocenters. The van der Waals surface area contributed by atoms with E-state index in [4.69, 9.17) is 5.73 Å². The van der Waals surface area contributed by atoms with Crippen LogP contribution in [0.25, 0.3) is 0 Å². The van der Waals surface area contributed by atoms with E-state index in [1.54, 1.807) is 0 Å². The monoisotopic (exact) mass is 244 g/mol. The molecule has 1 saturated carbocycles. The van der Waals surface area contributed by atoms with E-state index in [1.807, 2.05) is 24.3 Å².